The van der Waals surface area contributed by atoms with Crippen molar-refractivity contribution in [2.45, 2.75) is 117 Å². The minimum absolute atomic E-state index is 0.0487. The molecule has 0 N–H and O–H groups in total. The summed E-state index contributed by atoms with van der Waals surface area (Å²) in [6.45, 7) is 33.2. The molecule has 0 saturated heterocycles. The van der Waals surface area contributed by atoms with Gasteiger partial charge in [-0.3, -0.25) is 0 Å². The fourth-order valence-corrected chi connectivity index (χ4v) is 4.47. The van der Waals surface area contributed by atoms with Gasteiger partial charge in [-0.25, -0.2) is 0 Å². The summed E-state index contributed by atoms with van der Waals surface area (Å²) in [5.74, 6) is 1.11. The summed E-state index contributed by atoms with van der Waals surface area (Å²) in [4.78, 5) is 9.34. The maximum absolute atomic E-state index is 6.51. The van der Waals surface area contributed by atoms with Crippen LogP contribution in [0.15, 0.2) is 6.07 Å². The number of rotatable bonds is 6. The first-order valence-electron chi connectivity index (χ1n) is 10.9. The van der Waals surface area contributed by atoms with Crippen molar-refractivity contribution in [3.05, 3.63) is 6.07 Å². The van der Waals surface area contributed by atoms with Gasteiger partial charge >= 0.3 is 6.01 Å². The molecule has 1 aromatic heterocycles. The number of hydrogen-bond donors (Lipinski definition) is 0. The van der Waals surface area contributed by atoms with Gasteiger partial charge in [0.25, 0.3) is 25.0 Å². The molecular formula is C22H46N2O3Si3. The number of hydrogen-bond acceptors (Lipinski definition) is 5. The SMILES string of the molecule is CC(C)(C)[Si](C)(C)Oc1cc(O[Si](C)(C)C(C)(C)C)nc(O[Si](C)(C)C(C)(C)C)n1. The van der Waals surface area contributed by atoms with Gasteiger partial charge in [0.15, 0.2) is 0 Å². The molecule has 0 aliphatic carbocycles. The Morgan fingerprint density at radius 2 is 0.800 bits per heavy atom. The predicted octanol–water partition coefficient (Wildman–Crippen LogP) is 7.63. The van der Waals surface area contributed by atoms with Gasteiger partial charge in [-0.15, -0.1) is 0 Å². The lowest BCUT2D eigenvalue weighted by Crippen LogP contribution is -2.46. The molecule has 0 spiro atoms. The molecule has 1 rings (SSSR count). The normalized spacial score (nSPS) is 14.5. The van der Waals surface area contributed by atoms with E-state index in [-0.39, 0.29) is 15.1 Å². The second-order valence-electron chi connectivity index (χ2n) is 12.9. The van der Waals surface area contributed by atoms with Crippen molar-refractivity contribution in [1.82, 2.24) is 9.97 Å². The van der Waals surface area contributed by atoms with Gasteiger partial charge in [0, 0.05) is 0 Å². The minimum atomic E-state index is -2.10. The lowest BCUT2D eigenvalue weighted by molar-refractivity contribution is 0.411. The lowest BCUT2D eigenvalue weighted by atomic mass is 10.2. The first kappa shape index (κ1) is 27.2. The van der Waals surface area contributed by atoms with Crippen molar-refractivity contribution in [2.75, 3.05) is 0 Å². The average molecular weight is 471 g/mol. The molecule has 0 aromatic carbocycles. The Morgan fingerprint density at radius 1 is 0.533 bits per heavy atom. The molecule has 0 atom stereocenters. The molecular weight excluding hydrogens is 425 g/mol. The predicted molar refractivity (Wildman–Crippen MR) is 136 cm³/mol. The first-order chi connectivity index (χ1) is 13.0. The first-order valence-corrected chi connectivity index (χ1v) is 19.7. The highest BCUT2D eigenvalue weighted by atomic mass is 28.4. The number of nitrogens with zero attached hydrogens (tertiary/aromatic N) is 2. The van der Waals surface area contributed by atoms with E-state index in [0.29, 0.717) is 17.8 Å². The maximum Gasteiger partial charge on any atom is 0.309 e. The molecule has 0 radical (unpaired) electrons. The Balaban J connectivity index is 3.45. The van der Waals surface area contributed by atoms with Gasteiger partial charge in [0.1, 0.15) is 0 Å². The molecule has 0 amide bonds. The van der Waals surface area contributed by atoms with E-state index >= 15 is 0 Å². The monoisotopic (exact) mass is 470 g/mol. The molecule has 1 heterocycles. The molecule has 1 aromatic rings. The molecule has 174 valence electrons. The quantitative estimate of drug-likeness (QED) is 0.400. The minimum Gasteiger partial charge on any atom is -0.530 e. The van der Waals surface area contributed by atoms with E-state index in [2.05, 4.69) is 112 Å². The Bertz CT molecular complexity index is 631. The van der Waals surface area contributed by atoms with Crippen molar-refractivity contribution in [2.24, 2.45) is 0 Å². The van der Waals surface area contributed by atoms with Gasteiger partial charge in [-0.1, -0.05) is 62.3 Å². The fraction of sp³-hybridized carbons (Fsp3) is 0.818. The van der Waals surface area contributed by atoms with Crippen LogP contribution in [0.3, 0.4) is 0 Å². The summed E-state index contributed by atoms with van der Waals surface area (Å²) in [6, 6.07) is 2.21. The average Bonchev–Trinajstić information content (AvgIpc) is 2.41. The zero-order chi connectivity index (χ0) is 24.0. The largest absolute Gasteiger partial charge is 0.530 e. The second-order valence-corrected chi connectivity index (χ2v) is 27.1. The fourth-order valence-electron chi connectivity index (χ4n) is 1.74. The molecule has 0 unspecified atom stereocenters. The van der Waals surface area contributed by atoms with E-state index < -0.39 is 25.0 Å². The Morgan fingerprint density at radius 3 is 1.07 bits per heavy atom. The molecule has 0 aliphatic rings. The van der Waals surface area contributed by atoms with E-state index in [1.54, 1.807) is 0 Å². The second kappa shape index (κ2) is 8.24. The van der Waals surface area contributed by atoms with E-state index in [9.17, 15) is 0 Å². The van der Waals surface area contributed by atoms with Crippen LogP contribution in [0.5, 0.6) is 17.8 Å². The van der Waals surface area contributed by atoms with Crippen LogP contribution in [0.4, 0.5) is 0 Å². The highest BCUT2D eigenvalue weighted by molar-refractivity contribution is 6.75. The summed E-state index contributed by atoms with van der Waals surface area (Å²) in [5.41, 5.74) is 0. The van der Waals surface area contributed by atoms with Crippen LogP contribution in [0, 0.1) is 0 Å². The smallest absolute Gasteiger partial charge is 0.309 e. The molecule has 8 heteroatoms. The summed E-state index contributed by atoms with van der Waals surface area (Å²) < 4.78 is 19.4. The van der Waals surface area contributed by atoms with Gasteiger partial charge in [-0.05, 0) is 54.4 Å². The van der Waals surface area contributed by atoms with Crippen molar-refractivity contribution in [3.63, 3.8) is 0 Å². The summed E-state index contributed by atoms with van der Waals surface area (Å²) in [5, 5.41) is 0.185. The molecule has 5 nitrogen and oxygen atoms in total. The molecule has 0 saturated carbocycles. The van der Waals surface area contributed by atoms with E-state index in [0.717, 1.165) is 0 Å². The maximum atomic E-state index is 6.51. The van der Waals surface area contributed by atoms with Gasteiger partial charge in [-0.2, -0.15) is 9.97 Å². The van der Waals surface area contributed by atoms with Crippen molar-refractivity contribution in [3.8, 4) is 17.8 Å². The van der Waals surface area contributed by atoms with Gasteiger partial charge < -0.3 is 13.3 Å². The van der Waals surface area contributed by atoms with Crippen LogP contribution in [-0.2, 0) is 0 Å². The lowest BCUT2D eigenvalue weighted by Gasteiger charge is -2.38. The van der Waals surface area contributed by atoms with Crippen LogP contribution in [-0.4, -0.2) is 34.9 Å². The Labute approximate surface area is 188 Å². The van der Waals surface area contributed by atoms with Crippen molar-refractivity contribution < 1.29 is 13.3 Å². The van der Waals surface area contributed by atoms with Crippen molar-refractivity contribution in [1.29, 1.82) is 0 Å². The third kappa shape index (κ3) is 6.56. The van der Waals surface area contributed by atoms with Crippen LogP contribution in [0.1, 0.15) is 62.3 Å². The van der Waals surface area contributed by atoms with Crippen LogP contribution < -0.4 is 13.3 Å². The highest BCUT2D eigenvalue weighted by Crippen LogP contribution is 2.41. The molecule has 30 heavy (non-hydrogen) atoms. The molecule has 0 aliphatic heterocycles. The van der Waals surface area contributed by atoms with Crippen molar-refractivity contribution >= 4 is 25.0 Å². The van der Waals surface area contributed by atoms with Gasteiger partial charge in [0.2, 0.25) is 11.8 Å². The van der Waals surface area contributed by atoms with E-state index in [4.69, 9.17) is 13.3 Å². The van der Waals surface area contributed by atoms with E-state index in [1.807, 2.05) is 6.07 Å². The Hall–Kier alpha value is -0.869. The highest BCUT2D eigenvalue weighted by Gasteiger charge is 2.43. The van der Waals surface area contributed by atoms with Gasteiger partial charge in [0.05, 0.1) is 6.07 Å². The van der Waals surface area contributed by atoms with Crippen LogP contribution in [0.25, 0.3) is 0 Å². The summed E-state index contributed by atoms with van der Waals surface area (Å²) in [6.07, 6.45) is 0. The van der Waals surface area contributed by atoms with E-state index in [1.165, 1.54) is 0 Å². The third-order valence-corrected chi connectivity index (χ3v) is 20.1. The van der Waals surface area contributed by atoms with Crippen LogP contribution in [0.2, 0.25) is 54.4 Å². The Kier molecular flexibility index (Phi) is 7.46. The number of aromatic nitrogens is 2. The molecule has 0 fully saturated rings. The third-order valence-electron chi connectivity index (χ3n) is 7.14. The topological polar surface area (TPSA) is 53.5 Å². The zero-order valence-electron chi connectivity index (χ0n) is 22.2. The van der Waals surface area contributed by atoms with Crippen LogP contribution >= 0.6 is 0 Å². The zero-order valence-corrected chi connectivity index (χ0v) is 25.2. The summed E-state index contributed by atoms with van der Waals surface area (Å²) in [7, 11) is -6.22. The summed E-state index contributed by atoms with van der Waals surface area (Å²) >= 11 is 0. The molecule has 0 bridgehead atoms. The standard InChI is InChI=1S/C22H46N2O3Si3/c1-20(2,3)28(10,11)25-17-16-18(26-29(12,13)21(4,5)6)24-19(23-17)27-30(14,15)22(7,8)9/h16H,1-15H3.